The molecule has 2 aliphatic carbocycles. The van der Waals surface area contributed by atoms with Gasteiger partial charge in [-0.05, 0) is 76.0 Å². The van der Waals surface area contributed by atoms with Crippen molar-refractivity contribution in [1.82, 2.24) is 9.78 Å². The minimum Gasteiger partial charge on any atom is -0.488 e. The van der Waals surface area contributed by atoms with Crippen LogP contribution in [-0.4, -0.2) is 27.8 Å². The third-order valence-corrected chi connectivity index (χ3v) is 6.24. The molecule has 5 rings (SSSR count). The summed E-state index contributed by atoms with van der Waals surface area (Å²) in [5.74, 6) is 1.80. The average Bonchev–Trinajstić information content (AvgIpc) is 3.27. The first kappa shape index (κ1) is 16.8. The van der Waals surface area contributed by atoms with Gasteiger partial charge in [-0.15, -0.1) is 0 Å². The second-order valence-corrected chi connectivity index (χ2v) is 8.33. The second kappa shape index (κ2) is 6.70. The number of benzene rings is 1. The summed E-state index contributed by atoms with van der Waals surface area (Å²) < 4.78 is 8.34. The molecule has 0 radical (unpaired) electrons. The van der Waals surface area contributed by atoms with Gasteiger partial charge in [-0.2, -0.15) is 5.10 Å². The monoisotopic (exact) mass is 365 g/mol. The SMILES string of the molecule is C[C@H]1CCc2c(ccc(-n3cccn3)c2OC2CCC2)N1C(=O)CC1CC1. The summed E-state index contributed by atoms with van der Waals surface area (Å²) in [4.78, 5) is 15.0. The molecule has 1 aliphatic heterocycles. The van der Waals surface area contributed by atoms with Crippen LogP contribution in [0.2, 0.25) is 0 Å². The zero-order valence-electron chi connectivity index (χ0n) is 15.9. The molecule has 1 aromatic carbocycles. The largest absolute Gasteiger partial charge is 0.488 e. The van der Waals surface area contributed by atoms with E-state index in [-0.39, 0.29) is 11.9 Å². The minimum absolute atomic E-state index is 0.246. The van der Waals surface area contributed by atoms with E-state index in [1.807, 2.05) is 21.8 Å². The fraction of sp³-hybridized carbons (Fsp3) is 0.545. The Bertz CT molecular complexity index is 837. The summed E-state index contributed by atoms with van der Waals surface area (Å²) in [5.41, 5.74) is 3.21. The van der Waals surface area contributed by atoms with Crippen LogP contribution in [0.3, 0.4) is 0 Å². The zero-order valence-corrected chi connectivity index (χ0v) is 15.9. The van der Waals surface area contributed by atoms with E-state index in [0.29, 0.717) is 18.4 Å². The minimum atomic E-state index is 0.246. The molecule has 0 unspecified atom stereocenters. The number of carbonyl (C=O) groups is 1. The van der Waals surface area contributed by atoms with E-state index in [1.54, 1.807) is 6.20 Å². The third-order valence-electron chi connectivity index (χ3n) is 6.24. The molecular weight excluding hydrogens is 338 g/mol. The fourth-order valence-corrected chi connectivity index (χ4v) is 4.22. The van der Waals surface area contributed by atoms with Gasteiger partial charge in [0.2, 0.25) is 5.91 Å². The van der Waals surface area contributed by atoms with Gasteiger partial charge in [-0.1, -0.05) is 0 Å². The number of nitrogens with zero attached hydrogens (tertiary/aromatic N) is 3. The Hall–Kier alpha value is -2.30. The van der Waals surface area contributed by atoms with Crippen LogP contribution in [0.25, 0.3) is 5.69 Å². The van der Waals surface area contributed by atoms with E-state index in [2.05, 4.69) is 24.2 Å². The maximum Gasteiger partial charge on any atom is 0.227 e. The molecule has 2 heterocycles. The molecular formula is C22H27N3O2. The van der Waals surface area contributed by atoms with Crippen LogP contribution < -0.4 is 9.64 Å². The molecule has 5 heteroatoms. The van der Waals surface area contributed by atoms with Crippen molar-refractivity contribution >= 4 is 11.6 Å². The maximum absolute atomic E-state index is 13.0. The first-order valence-corrected chi connectivity index (χ1v) is 10.4. The van der Waals surface area contributed by atoms with Gasteiger partial charge < -0.3 is 9.64 Å². The van der Waals surface area contributed by atoms with Crippen LogP contribution in [-0.2, 0) is 11.2 Å². The van der Waals surface area contributed by atoms with E-state index in [4.69, 9.17) is 4.74 Å². The van der Waals surface area contributed by atoms with Crippen molar-refractivity contribution in [3.05, 3.63) is 36.2 Å². The summed E-state index contributed by atoms with van der Waals surface area (Å²) in [7, 11) is 0. The number of rotatable bonds is 5. The van der Waals surface area contributed by atoms with Crippen molar-refractivity contribution in [1.29, 1.82) is 0 Å². The van der Waals surface area contributed by atoms with Crippen molar-refractivity contribution in [3.8, 4) is 11.4 Å². The van der Waals surface area contributed by atoms with Crippen molar-refractivity contribution in [2.75, 3.05) is 4.90 Å². The first-order valence-electron chi connectivity index (χ1n) is 10.4. The molecule has 0 saturated heterocycles. The van der Waals surface area contributed by atoms with Gasteiger partial charge in [0.25, 0.3) is 0 Å². The lowest BCUT2D eigenvalue weighted by atomic mass is 9.93. The molecule has 2 aromatic rings. The number of hydrogen-bond acceptors (Lipinski definition) is 3. The smallest absolute Gasteiger partial charge is 0.227 e. The van der Waals surface area contributed by atoms with Gasteiger partial charge in [-0.25, -0.2) is 4.68 Å². The lowest BCUT2D eigenvalue weighted by Crippen LogP contribution is -2.42. The van der Waals surface area contributed by atoms with E-state index in [1.165, 1.54) is 24.8 Å². The topological polar surface area (TPSA) is 47.4 Å². The van der Waals surface area contributed by atoms with Crippen molar-refractivity contribution in [2.24, 2.45) is 5.92 Å². The highest BCUT2D eigenvalue weighted by molar-refractivity contribution is 5.96. The van der Waals surface area contributed by atoms with E-state index in [9.17, 15) is 4.79 Å². The summed E-state index contributed by atoms with van der Waals surface area (Å²) in [6, 6.07) is 6.34. The number of hydrogen-bond donors (Lipinski definition) is 0. The van der Waals surface area contributed by atoms with Gasteiger partial charge in [0.1, 0.15) is 5.69 Å². The molecule has 0 spiro atoms. The summed E-state index contributed by atoms with van der Waals surface area (Å²) in [5, 5.41) is 4.42. The lowest BCUT2D eigenvalue weighted by molar-refractivity contribution is -0.119. The molecule has 3 aliphatic rings. The highest BCUT2D eigenvalue weighted by Crippen LogP contribution is 2.43. The summed E-state index contributed by atoms with van der Waals surface area (Å²) in [6.07, 6.45) is 12.5. The molecule has 27 heavy (non-hydrogen) atoms. The van der Waals surface area contributed by atoms with Crippen LogP contribution >= 0.6 is 0 Å². The summed E-state index contributed by atoms with van der Waals surface area (Å²) >= 11 is 0. The molecule has 2 fully saturated rings. The van der Waals surface area contributed by atoms with E-state index in [0.717, 1.165) is 42.8 Å². The summed E-state index contributed by atoms with van der Waals surface area (Å²) in [6.45, 7) is 2.17. The Balaban J connectivity index is 1.56. The Morgan fingerprint density at radius 1 is 1.19 bits per heavy atom. The highest BCUT2D eigenvalue weighted by atomic mass is 16.5. The molecule has 1 amide bonds. The lowest BCUT2D eigenvalue weighted by Gasteiger charge is -2.38. The first-order chi connectivity index (χ1) is 13.2. The Labute approximate surface area is 160 Å². The van der Waals surface area contributed by atoms with Crippen molar-refractivity contribution in [2.45, 2.75) is 70.4 Å². The molecule has 142 valence electrons. The van der Waals surface area contributed by atoms with Crippen molar-refractivity contribution < 1.29 is 9.53 Å². The Morgan fingerprint density at radius 3 is 2.67 bits per heavy atom. The average molecular weight is 365 g/mol. The van der Waals surface area contributed by atoms with Gasteiger partial charge in [-0.3, -0.25) is 4.79 Å². The number of ether oxygens (including phenoxy) is 1. The van der Waals surface area contributed by atoms with Crippen LogP contribution in [0.4, 0.5) is 5.69 Å². The molecule has 0 N–H and O–H groups in total. The number of fused-ring (bicyclic) bond motifs is 1. The number of aromatic nitrogens is 2. The Kier molecular flexibility index (Phi) is 4.18. The molecule has 0 bridgehead atoms. The predicted octanol–water partition coefficient (Wildman–Crippen LogP) is 4.27. The molecule has 2 saturated carbocycles. The molecule has 1 atom stereocenters. The normalized spacial score (nSPS) is 22.3. The van der Waals surface area contributed by atoms with E-state index < -0.39 is 0 Å². The van der Waals surface area contributed by atoms with E-state index >= 15 is 0 Å². The highest BCUT2D eigenvalue weighted by Gasteiger charge is 2.35. The van der Waals surface area contributed by atoms with Gasteiger partial charge >= 0.3 is 0 Å². The van der Waals surface area contributed by atoms with Crippen LogP contribution in [0.15, 0.2) is 30.6 Å². The molecule has 5 nitrogen and oxygen atoms in total. The predicted molar refractivity (Wildman–Crippen MR) is 104 cm³/mol. The number of carbonyl (C=O) groups excluding carboxylic acids is 1. The van der Waals surface area contributed by atoms with Gasteiger partial charge in [0.05, 0.1) is 11.8 Å². The quantitative estimate of drug-likeness (QED) is 0.795. The standard InChI is InChI=1S/C22H27N3O2/c1-15-6-9-18-19(25(15)21(26)14-16-7-8-16)10-11-20(24-13-3-12-23-24)22(18)27-17-4-2-5-17/h3,10-13,15-17H,2,4-9,14H2,1H3/t15-/m0/s1. The van der Waals surface area contributed by atoms with Gasteiger partial charge in [0.15, 0.2) is 5.75 Å². The van der Waals surface area contributed by atoms with Crippen molar-refractivity contribution in [3.63, 3.8) is 0 Å². The number of amides is 1. The fourth-order valence-electron chi connectivity index (χ4n) is 4.22. The van der Waals surface area contributed by atoms with Crippen LogP contribution in [0, 0.1) is 5.92 Å². The van der Waals surface area contributed by atoms with Crippen LogP contribution in [0.5, 0.6) is 5.75 Å². The van der Waals surface area contributed by atoms with Gasteiger partial charge in [0, 0.05) is 30.4 Å². The third kappa shape index (κ3) is 3.13. The number of anilines is 1. The zero-order chi connectivity index (χ0) is 18.4. The Morgan fingerprint density at radius 2 is 2.00 bits per heavy atom. The van der Waals surface area contributed by atoms with Crippen LogP contribution in [0.1, 0.15) is 57.4 Å². The molecule has 1 aromatic heterocycles. The second-order valence-electron chi connectivity index (χ2n) is 8.33. The maximum atomic E-state index is 13.0.